The number of phenols is 1. The predicted molar refractivity (Wildman–Crippen MR) is 150 cm³/mol. The molecule has 3 aliphatic carbocycles. The Labute approximate surface area is 235 Å². The molecular formula is C33H38O7. The summed E-state index contributed by atoms with van der Waals surface area (Å²) in [5, 5.41) is 11.6. The fourth-order valence-corrected chi connectivity index (χ4v) is 7.98. The van der Waals surface area contributed by atoms with E-state index in [0.717, 1.165) is 11.9 Å². The molecule has 4 bridgehead atoms. The van der Waals surface area contributed by atoms with Gasteiger partial charge >= 0.3 is 0 Å². The molecule has 212 valence electrons. The zero-order chi connectivity index (χ0) is 29.0. The third-order valence-electron chi connectivity index (χ3n) is 9.73. The van der Waals surface area contributed by atoms with E-state index < -0.39 is 28.3 Å². The first-order valence-electron chi connectivity index (χ1n) is 14.2. The van der Waals surface area contributed by atoms with Crippen LogP contribution in [0.1, 0.15) is 89.2 Å². The van der Waals surface area contributed by atoms with Gasteiger partial charge in [0.25, 0.3) is 0 Å². The van der Waals surface area contributed by atoms with Crippen molar-refractivity contribution in [1.82, 2.24) is 0 Å². The van der Waals surface area contributed by atoms with Crippen molar-refractivity contribution in [3.05, 3.63) is 46.1 Å². The minimum Gasteiger partial charge on any atom is -0.506 e. The number of rotatable bonds is 5. The van der Waals surface area contributed by atoms with Crippen LogP contribution in [0.15, 0.2) is 29.4 Å². The van der Waals surface area contributed by atoms with Gasteiger partial charge in [0.15, 0.2) is 22.8 Å². The van der Waals surface area contributed by atoms with Crippen LogP contribution in [0, 0.1) is 17.8 Å². The molecule has 0 radical (unpaired) electrons. The van der Waals surface area contributed by atoms with Gasteiger partial charge in [-0.25, -0.2) is 0 Å². The Kier molecular flexibility index (Phi) is 5.68. The van der Waals surface area contributed by atoms with Crippen LogP contribution in [0.5, 0.6) is 17.2 Å². The Morgan fingerprint density at radius 2 is 1.77 bits per heavy atom. The number of aromatic hydroxyl groups is 1. The Hall–Kier alpha value is -3.19. The topological polar surface area (TPSA) is 99.1 Å². The lowest BCUT2D eigenvalue weighted by atomic mass is 9.46. The van der Waals surface area contributed by atoms with Gasteiger partial charge in [0.2, 0.25) is 0 Å². The third kappa shape index (κ3) is 3.36. The molecule has 5 atom stereocenters. The number of hydrogen-bond acceptors (Lipinski definition) is 7. The maximum absolute atomic E-state index is 14.6. The molecule has 0 amide bonds. The highest BCUT2D eigenvalue weighted by molar-refractivity contribution is 6.09. The number of ketones is 2. The number of aldehydes is 1. The molecule has 7 rings (SSSR count). The quantitative estimate of drug-likeness (QED) is 0.287. The van der Waals surface area contributed by atoms with Crippen molar-refractivity contribution < 1.29 is 33.7 Å². The standard InChI is InChI=1S/C33H38O7/c1-17(2)8-9-21-27-20(11-12-30(4,5)38-27)25(35)24-26(36)22-14-19-15-23-31(6,7)40-32(29(19)37,13-10-18(3)16-34)33(22,23)39-28(21)24/h8,10-12,16,19,22-23,35H,9,13-15H2,1-7H3/b18-10+/t19-,22-,23+,32+,33-/m1/s1. The molecule has 1 aromatic rings. The number of Topliss-reactive ketones (excluding diaryl/α,β-unsaturated/α-hetero) is 2. The van der Waals surface area contributed by atoms with Gasteiger partial charge in [-0.3, -0.25) is 14.4 Å². The van der Waals surface area contributed by atoms with Gasteiger partial charge in [-0.2, -0.15) is 0 Å². The highest BCUT2D eigenvalue weighted by atomic mass is 16.6. The van der Waals surface area contributed by atoms with Gasteiger partial charge in [0.1, 0.15) is 34.7 Å². The van der Waals surface area contributed by atoms with Crippen LogP contribution in [0.4, 0.5) is 0 Å². The first-order valence-corrected chi connectivity index (χ1v) is 14.2. The Morgan fingerprint density at radius 3 is 2.45 bits per heavy atom. The molecule has 40 heavy (non-hydrogen) atoms. The highest BCUT2D eigenvalue weighted by Crippen LogP contribution is 2.70. The van der Waals surface area contributed by atoms with E-state index in [4.69, 9.17) is 14.2 Å². The third-order valence-corrected chi connectivity index (χ3v) is 9.73. The SMILES string of the molecule is CC(C)=CCc1c2c(c(O)c3c1O[C@]14[C@H](C[C@@H]5C[C@H]1C(C)(C)O[C@@]4(C/C=C(\C)C=O)C5=O)C3=O)C=CC(C)(C)O2. The van der Waals surface area contributed by atoms with E-state index in [0.29, 0.717) is 41.7 Å². The summed E-state index contributed by atoms with van der Waals surface area (Å²) in [4.78, 5) is 40.3. The monoisotopic (exact) mass is 546 g/mol. The molecule has 3 saturated carbocycles. The molecule has 7 nitrogen and oxygen atoms in total. The zero-order valence-electron chi connectivity index (χ0n) is 24.3. The lowest BCUT2D eigenvalue weighted by Gasteiger charge is -2.60. The second-order valence-electron chi connectivity index (χ2n) is 13.5. The van der Waals surface area contributed by atoms with Gasteiger partial charge in [-0.05, 0) is 85.5 Å². The molecule has 4 fully saturated rings. The number of ether oxygens (including phenoxy) is 3. The number of carbonyl (C=O) groups is 3. The Morgan fingerprint density at radius 1 is 1.05 bits per heavy atom. The van der Waals surface area contributed by atoms with Crippen LogP contribution in [-0.4, -0.2) is 45.4 Å². The smallest absolute Gasteiger partial charge is 0.177 e. The maximum atomic E-state index is 14.6. The molecule has 1 N–H and O–H groups in total. The number of allylic oxidation sites excluding steroid dienone is 3. The molecular weight excluding hydrogens is 508 g/mol. The summed E-state index contributed by atoms with van der Waals surface area (Å²) in [6.07, 6.45) is 9.69. The summed E-state index contributed by atoms with van der Waals surface area (Å²) in [7, 11) is 0. The van der Waals surface area contributed by atoms with Crippen LogP contribution in [0.2, 0.25) is 0 Å². The molecule has 0 unspecified atom stereocenters. The average Bonchev–Trinajstić information content (AvgIpc) is 3.03. The van der Waals surface area contributed by atoms with Gasteiger partial charge < -0.3 is 19.3 Å². The first kappa shape index (κ1) is 27.0. The van der Waals surface area contributed by atoms with Crippen LogP contribution >= 0.6 is 0 Å². The number of fused-ring (bicyclic) bond motifs is 2. The Bertz CT molecular complexity index is 1450. The lowest BCUT2D eigenvalue weighted by Crippen LogP contribution is -2.76. The van der Waals surface area contributed by atoms with Crippen LogP contribution in [0.25, 0.3) is 6.08 Å². The maximum Gasteiger partial charge on any atom is 0.177 e. The number of benzene rings is 1. The van der Waals surface area contributed by atoms with Crippen LogP contribution in [0.3, 0.4) is 0 Å². The molecule has 1 aromatic carbocycles. The van der Waals surface area contributed by atoms with Crippen molar-refractivity contribution in [2.45, 2.75) is 96.6 Å². The molecule has 0 aromatic heterocycles. The number of phenolic OH excluding ortho intramolecular Hbond substituents is 1. The van der Waals surface area contributed by atoms with Crippen LogP contribution in [-0.2, 0) is 20.7 Å². The van der Waals surface area contributed by atoms with E-state index in [1.807, 2.05) is 59.8 Å². The molecule has 1 saturated heterocycles. The second kappa shape index (κ2) is 8.41. The fourth-order valence-electron chi connectivity index (χ4n) is 7.98. The van der Waals surface area contributed by atoms with E-state index >= 15 is 0 Å². The Balaban J connectivity index is 1.65. The zero-order valence-corrected chi connectivity index (χ0v) is 24.3. The second-order valence-corrected chi connectivity index (χ2v) is 13.5. The van der Waals surface area contributed by atoms with Gasteiger partial charge in [-0.1, -0.05) is 17.7 Å². The first-order chi connectivity index (χ1) is 18.7. The van der Waals surface area contributed by atoms with Crippen molar-refractivity contribution in [3.8, 4) is 17.2 Å². The minimum atomic E-state index is -1.43. The minimum absolute atomic E-state index is 0.0647. The number of carbonyl (C=O) groups excluding carboxylic acids is 3. The predicted octanol–water partition coefficient (Wildman–Crippen LogP) is 5.71. The molecule has 3 heterocycles. The van der Waals surface area contributed by atoms with Gasteiger partial charge in [-0.15, -0.1) is 0 Å². The summed E-state index contributed by atoms with van der Waals surface area (Å²) in [5.74, 6) is -0.935. The summed E-state index contributed by atoms with van der Waals surface area (Å²) in [6, 6.07) is 0. The summed E-state index contributed by atoms with van der Waals surface area (Å²) < 4.78 is 20.3. The van der Waals surface area contributed by atoms with E-state index in [1.165, 1.54) is 0 Å². The highest BCUT2D eigenvalue weighted by Gasteiger charge is 2.83. The van der Waals surface area contributed by atoms with E-state index in [9.17, 15) is 19.5 Å². The van der Waals surface area contributed by atoms with Crippen molar-refractivity contribution in [2.75, 3.05) is 0 Å². The molecule has 6 aliphatic rings. The van der Waals surface area contributed by atoms with Crippen molar-refractivity contribution in [3.63, 3.8) is 0 Å². The van der Waals surface area contributed by atoms with Crippen molar-refractivity contribution in [1.29, 1.82) is 0 Å². The summed E-state index contributed by atoms with van der Waals surface area (Å²) in [5.41, 5.74) is -1.20. The van der Waals surface area contributed by atoms with Crippen LogP contribution < -0.4 is 9.47 Å². The van der Waals surface area contributed by atoms with E-state index in [1.54, 1.807) is 13.0 Å². The molecule has 7 heteroatoms. The van der Waals surface area contributed by atoms with Crippen molar-refractivity contribution in [2.24, 2.45) is 17.8 Å². The normalized spacial score (nSPS) is 33.9. The summed E-state index contributed by atoms with van der Waals surface area (Å²) in [6.45, 7) is 13.5. The average molecular weight is 547 g/mol. The van der Waals surface area contributed by atoms with Crippen molar-refractivity contribution >= 4 is 23.9 Å². The lowest BCUT2D eigenvalue weighted by molar-refractivity contribution is -0.199. The number of hydrogen-bond donors (Lipinski definition) is 1. The summed E-state index contributed by atoms with van der Waals surface area (Å²) >= 11 is 0. The largest absolute Gasteiger partial charge is 0.506 e. The van der Waals surface area contributed by atoms with E-state index in [2.05, 4.69) is 0 Å². The van der Waals surface area contributed by atoms with Gasteiger partial charge in [0.05, 0.1) is 17.1 Å². The molecule has 1 spiro atoms. The molecule has 3 aliphatic heterocycles. The fraction of sp³-hybridized carbons (Fsp3) is 0.545. The van der Waals surface area contributed by atoms with Gasteiger partial charge in [0, 0.05) is 23.8 Å². The van der Waals surface area contributed by atoms with E-state index in [-0.39, 0.29) is 46.9 Å².